The van der Waals surface area contributed by atoms with Crippen LogP contribution in [0.1, 0.15) is 11.1 Å². The molecule has 3 heteroatoms. The SMILES string of the molecule is OCc1cc(F)c2ccccc2c1CBr. The molecule has 0 aliphatic heterocycles. The second kappa shape index (κ2) is 4.29. The summed E-state index contributed by atoms with van der Waals surface area (Å²) >= 11 is 3.36. The summed E-state index contributed by atoms with van der Waals surface area (Å²) in [6.45, 7) is -0.136. The average Bonchev–Trinajstić information content (AvgIpc) is 2.29. The number of alkyl halides is 1. The summed E-state index contributed by atoms with van der Waals surface area (Å²) in [5.41, 5.74) is 1.59. The molecular formula is C12H10BrFO. The van der Waals surface area contributed by atoms with Crippen LogP contribution >= 0.6 is 15.9 Å². The van der Waals surface area contributed by atoms with Gasteiger partial charge in [-0.25, -0.2) is 4.39 Å². The summed E-state index contributed by atoms with van der Waals surface area (Å²) in [6.07, 6.45) is 0. The maximum atomic E-state index is 13.6. The minimum atomic E-state index is -0.278. The van der Waals surface area contributed by atoms with Crippen LogP contribution in [0.3, 0.4) is 0 Å². The number of aliphatic hydroxyl groups is 1. The van der Waals surface area contributed by atoms with E-state index in [2.05, 4.69) is 15.9 Å². The zero-order chi connectivity index (χ0) is 10.8. The smallest absolute Gasteiger partial charge is 0.131 e. The second-order valence-electron chi connectivity index (χ2n) is 3.33. The van der Waals surface area contributed by atoms with Crippen molar-refractivity contribution in [2.75, 3.05) is 0 Å². The largest absolute Gasteiger partial charge is 0.392 e. The van der Waals surface area contributed by atoms with Gasteiger partial charge in [0.2, 0.25) is 0 Å². The van der Waals surface area contributed by atoms with Crippen molar-refractivity contribution in [2.24, 2.45) is 0 Å². The molecule has 0 saturated heterocycles. The standard InChI is InChI=1S/C12H10BrFO/c13-6-11-8(7-15)5-12(14)10-4-2-1-3-9(10)11/h1-5,15H,6-7H2. The minimum absolute atomic E-state index is 0.136. The number of aliphatic hydroxyl groups excluding tert-OH is 1. The molecule has 0 radical (unpaired) electrons. The van der Waals surface area contributed by atoms with Crippen LogP contribution in [0.5, 0.6) is 0 Å². The molecule has 0 spiro atoms. The molecule has 0 unspecified atom stereocenters. The summed E-state index contributed by atoms with van der Waals surface area (Å²) in [5, 5.41) is 11.2. The lowest BCUT2D eigenvalue weighted by atomic mass is 10.00. The van der Waals surface area contributed by atoms with Gasteiger partial charge in [0.25, 0.3) is 0 Å². The Hall–Kier alpha value is -0.930. The van der Waals surface area contributed by atoms with Gasteiger partial charge >= 0.3 is 0 Å². The van der Waals surface area contributed by atoms with Crippen LogP contribution in [0.2, 0.25) is 0 Å². The molecule has 0 aliphatic rings. The van der Waals surface area contributed by atoms with Gasteiger partial charge in [0.1, 0.15) is 5.82 Å². The van der Waals surface area contributed by atoms with E-state index in [0.717, 1.165) is 10.9 Å². The first-order chi connectivity index (χ1) is 7.27. The third-order valence-electron chi connectivity index (χ3n) is 2.50. The minimum Gasteiger partial charge on any atom is -0.392 e. The maximum absolute atomic E-state index is 13.6. The van der Waals surface area contributed by atoms with Crippen molar-refractivity contribution < 1.29 is 9.50 Å². The average molecular weight is 269 g/mol. The molecule has 1 N–H and O–H groups in total. The third-order valence-corrected chi connectivity index (χ3v) is 3.06. The molecule has 0 fully saturated rings. The first kappa shape index (κ1) is 10.6. The predicted molar refractivity (Wildman–Crippen MR) is 62.5 cm³/mol. The van der Waals surface area contributed by atoms with Gasteiger partial charge in [-0.2, -0.15) is 0 Å². The number of benzene rings is 2. The van der Waals surface area contributed by atoms with E-state index in [1.165, 1.54) is 6.07 Å². The number of halogens is 2. The van der Waals surface area contributed by atoms with E-state index in [9.17, 15) is 4.39 Å². The van der Waals surface area contributed by atoms with Gasteiger partial charge in [0, 0.05) is 10.7 Å². The normalized spacial score (nSPS) is 10.9. The molecule has 78 valence electrons. The topological polar surface area (TPSA) is 20.2 Å². The summed E-state index contributed by atoms with van der Waals surface area (Å²) in [4.78, 5) is 0. The van der Waals surface area contributed by atoms with Gasteiger partial charge in [-0.15, -0.1) is 0 Å². The van der Waals surface area contributed by atoms with Gasteiger partial charge in [-0.1, -0.05) is 40.2 Å². The van der Waals surface area contributed by atoms with Crippen molar-refractivity contribution in [1.82, 2.24) is 0 Å². The van der Waals surface area contributed by atoms with Crippen molar-refractivity contribution in [1.29, 1.82) is 0 Å². The fourth-order valence-corrected chi connectivity index (χ4v) is 2.41. The van der Waals surface area contributed by atoms with Gasteiger partial charge < -0.3 is 5.11 Å². The lowest BCUT2D eigenvalue weighted by Gasteiger charge is -2.09. The summed E-state index contributed by atoms with van der Waals surface area (Å²) in [5.74, 6) is -0.278. The Labute approximate surface area is 95.7 Å². The van der Waals surface area contributed by atoms with E-state index >= 15 is 0 Å². The first-order valence-electron chi connectivity index (χ1n) is 4.63. The molecule has 0 heterocycles. The van der Waals surface area contributed by atoms with E-state index in [1.54, 1.807) is 6.07 Å². The number of hydrogen-bond donors (Lipinski definition) is 1. The monoisotopic (exact) mass is 268 g/mol. The van der Waals surface area contributed by atoms with Crippen molar-refractivity contribution in [3.8, 4) is 0 Å². The van der Waals surface area contributed by atoms with Gasteiger partial charge in [0.15, 0.2) is 0 Å². The van der Waals surface area contributed by atoms with E-state index in [1.807, 2.05) is 18.2 Å². The Kier molecular flexibility index (Phi) is 3.03. The fourth-order valence-electron chi connectivity index (χ4n) is 1.74. The molecule has 0 aromatic heterocycles. The van der Waals surface area contributed by atoms with Crippen LogP contribution in [-0.2, 0) is 11.9 Å². The molecule has 15 heavy (non-hydrogen) atoms. The Morgan fingerprint density at radius 3 is 2.47 bits per heavy atom. The van der Waals surface area contributed by atoms with Crippen molar-refractivity contribution in [2.45, 2.75) is 11.9 Å². The quantitative estimate of drug-likeness (QED) is 0.829. The molecule has 0 amide bonds. The molecular weight excluding hydrogens is 259 g/mol. The highest BCUT2D eigenvalue weighted by Crippen LogP contribution is 2.27. The van der Waals surface area contributed by atoms with Crippen molar-refractivity contribution >= 4 is 26.7 Å². The predicted octanol–water partition coefficient (Wildman–Crippen LogP) is 3.37. The molecule has 2 aromatic carbocycles. The second-order valence-corrected chi connectivity index (χ2v) is 3.89. The highest BCUT2D eigenvalue weighted by atomic mass is 79.9. The fraction of sp³-hybridized carbons (Fsp3) is 0.167. The number of fused-ring (bicyclic) bond motifs is 1. The third kappa shape index (κ3) is 1.77. The zero-order valence-electron chi connectivity index (χ0n) is 8.00. The van der Waals surface area contributed by atoms with Crippen LogP contribution < -0.4 is 0 Å². The molecule has 1 nitrogen and oxygen atoms in total. The molecule has 0 saturated carbocycles. The van der Waals surface area contributed by atoms with E-state index in [-0.39, 0.29) is 12.4 Å². The molecule has 0 atom stereocenters. The van der Waals surface area contributed by atoms with E-state index in [4.69, 9.17) is 5.11 Å². The van der Waals surface area contributed by atoms with Gasteiger partial charge in [0.05, 0.1) is 6.61 Å². The van der Waals surface area contributed by atoms with Crippen molar-refractivity contribution in [3.63, 3.8) is 0 Å². The Balaban J connectivity index is 2.85. The molecule has 0 aliphatic carbocycles. The van der Waals surface area contributed by atoms with Crippen LogP contribution in [0.25, 0.3) is 10.8 Å². The highest BCUT2D eigenvalue weighted by Gasteiger charge is 2.09. The van der Waals surface area contributed by atoms with Crippen LogP contribution in [-0.4, -0.2) is 5.11 Å². The zero-order valence-corrected chi connectivity index (χ0v) is 9.59. The van der Waals surface area contributed by atoms with Crippen molar-refractivity contribution in [3.05, 3.63) is 47.3 Å². The lowest BCUT2D eigenvalue weighted by molar-refractivity contribution is 0.280. The molecule has 2 aromatic rings. The van der Waals surface area contributed by atoms with Gasteiger partial charge in [-0.05, 0) is 22.6 Å². The number of hydrogen-bond acceptors (Lipinski definition) is 1. The summed E-state index contributed by atoms with van der Waals surface area (Å²) in [7, 11) is 0. The Bertz CT molecular complexity index is 496. The Morgan fingerprint density at radius 2 is 1.87 bits per heavy atom. The van der Waals surface area contributed by atoms with E-state index in [0.29, 0.717) is 16.3 Å². The van der Waals surface area contributed by atoms with Crippen LogP contribution in [0.15, 0.2) is 30.3 Å². The van der Waals surface area contributed by atoms with Crippen LogP contribution in [0.4, 0.5) is 4.39 Å². The summed E-state index contributed by atoms with van der Waals surface area (Å²) < 4.78 is 13.6. The lowest BCUT2D eigenvalue weighted by Crippen LogP contribution is -1.95. The summed E-state index contributed by atoms with van der Waals surface area (Å²) in [6, 6.07) is 8.70. The first-order valence-corrected chi connectivity index (χ1v) is 5.76. The van der Waals surface area contributed by atoms with Crippen LogP contribution in [0, 0.1) is 5.82 Å². The van der Waals surface area contributed by atoms with E-state index < -0.39 is 0 Å². The highest BCUT2D eigenvalue weighted by molar-refractivity contribution is 9.08. The Morgan fingerprint density at radius 1 is 1.20 bits per heavy atom. The molecule has 0 bridgehead atoms. The van der Waals surface area contributed by atoms with Gasteiger partial charge in [-0.3, -0.25) is 0 Å². The number of rotatable bonds is 2. The molecule has 2 rings (SSSR count). The maximum Gasteiger partial charge on any atom is 0.131 e.